The molecular weight excluding hydrogens is 1870 g/mol. The van der Waals surface area contributed by atoms with Gasteiger partial charge in [-0.15, -0.1) is 0 Å². The van der Waals surface area contributed by atoms with E-state index in [1.54, 1.807) is 69.9 Å². The summed E-state index contributed by atoms with van der Waals surface area (Å²) in [6.07, 6.45) is 82.2. The third kappa shape index (κ3) is 51.1. The quantitative estimate of drug-likeness (QED) is 0.0151. The van der Waals surface area contributed by atoms with Crippen molar-refractivity contribution in [1.29, 1.82) is 0 Å². The second kappa shape index (κ2) is 83.8. The average Bonchev–Trinajstić information content (AvgIpc) is 0.721. The van der Waals surface area contributed by atoms with E-state index < -0.39 is 17.9 Å². The fraction of sp³-hybridized carbons (Fsp3) is 0.705. The van der Waals surface area contributed by atoms with Crippen LogP contribution in [-0.4, -0.2) is 98.7 Å². The van der Waals surface area contributed by atoms with Crippen LogP contribution < -0.4 is 71.1 Å². The van der Waals surface area contributed by atoms with Gasteiger partial charge in [0.15, 0.2) is 69.0 Å². The standard InChI is InChI=1S/C132H210O18/c1-13-22-31-40-49-58-67-76-85-139-121-94-106(95-122(140-86-77-68-59-50-41-32-23-14-2)127(121)145-91-82-73-64-55-46-37-28-19-7)130(133)148-118-103-112-109(100-115(118)136-10)110-101-116(137-11)119(149-131(134)107-96-123(141-87-78-69-60-51-42-33-24-15-3)128(146-92-83-74-65-56-47-38-29-20-8)124(97-107)142-88-79-70-61-52-43-34-25-16-4)104-113(110)114-105-120(117(138-12)102-111(112)114)150-132(135)108-98-125(143-89-80-71-62-53-44-35-26-17-5)129(147-93-84-75-66-57-48-39-30-21-9)126(99-108)144-90-81-72-63-54-45-36-27-18-6/h94-105H,13-93H2,1-12H3. The van der Waals surface area contributed by atoms with Gasteiger partial charge in [0, 0.05) is 0 Å². The molecule has 18 nitrogen and oxygen atoms in total. The Kier molecular flexibility index (Phi) is 71.6. The number of fused-ring (bicyclic) bond motifs is 6. The van der Waals surface area contributed by atoms with E-state index in [0.29, 0.717) is 144 Å². The van der Waals surface area contributed by atoms with Crippen molar-refractivity contribution in [3.05, 3.63) is 89.5 Å². The van der Waals surface area contributed by atoms with Crippen LogP contribution in [0.1, 0.15) is 556 Å². The Morgan fingerprint density at radius 1 is 0.147 bits per heavy atom. The summed E-state index contributed by atoms with van der Waals surface area (Å²) in [4.78, 5) is 47.2. The second-order valence-corrected chi connectivity index (χ2v) is 42.6. The summed E-state index contributed by atoms with van der Waals surface area (Å²) in [7, 11) is 4.67. The van der Waals surface area contributed by atoms with Gasteiger partial charge in [0.05, 0.1) is 97.5 Å². The molecule has 0 heterocycles. The Labute approximate surface area is 911 Å². The molecule has 18 heteroatoms. The van der Waals surface area contributed by atoms with Crippen molar-refractivity contribution >= 4 is 50.2 Å². The predicted octanol–water partition coefficient (Wildman–Crippen LogP) is 40.5. The minimum atomic E-state index is -0.685. The minimum Gasteiger partial charge on any atom is -0.493 e. The van der Waals surface area contributed by atoms with Crippen molar-refractivity contribution in [2.45, 2.75) is 525 Å². The number of benzene rings is 7. The van der Waals surface area contributed by atoms with Crippen LogP contribution in [0.5, 0.6) is 86.2 Å². The van der Waals surface area contributed by atoms with E-state index >= 15 is 14.4 Å². The van der Waals surface area contributed by atoms with Crippen LogP contribution in [0, 0.1) is 0 Å². The highest BCUT2D eigenvalue weighted by molar-refractivity contribution is 6.27. The van der Waals surface area contributed by atoms with Gasteiger partial charge in [-0.05, 0) is 163 Å². The summed E-state index contributed by atoms with van der Waals surface area (Å²) in [5.74, 6) is 3.07. The Hall–Kier alpha value is -8.67. The first-order chi connectivity index (χ1) is 73.9. The maximum atomic E-state index is 15.8. The van der Waals surface area contributed by atoms with Crippen molar-refractivity contribution in [2.75, 3.05) is 80.8 Å². The number of ether oxygens (including phenoxy) is 15. The highest BCUT2D eigenvalue weighted by Crippen LogP contribution is 2.50. The number of methoxy groups -OCH3 is 3. The molecule has 0 saturated heterocycles. The molecule has 0 fully saturated rings. The van der Waals surface area contributed by atoms with E-state index in [4.69, 9.17) is 71.1 Å². The topological polar surface area (TPSA) is 190 Å². The lowest BCUT2D eigenvalue weighted by atomic mass is 9.93. The normalized spacial score (nSPS) is 11.4. The van der Waals surface area contributed by atoms with Gasteiger partial charge in [-0.1, -0.05) is 467 Å². The maximum absolute atomic E-state index is 15.8. The molecule has 0 saturated carbocycles. The molecule has 7 aromatic carbocycles. The van der Waals surface area contributed by atoms with Crippen LogP contribution in [0.2, 0.25) is 0 Å². The average molecular weight is 2090 g/mol. The van der Waals surface area contributed by atoms with Crippen LogP contribution in [0.4, 0.5) is 0 Å². The molecule has 0 aliphatic rings. The summed E-state index contributed by atoms with van der Waals surface area (Å²) in [6, 6.07) is 21.4. The minimum absolute atomic E-state index is 0.0952. The van der Waals surface area contributed by atoms with Crippen molar-refractivity contribution in [2.24, 2.45) is 0 Å². The van der Waals surface area contributed by atoms with E-state index in [0.717, 1.165) is 173 Å². The molecule has 150 heavy (non-hydrogen) atoms. The predicted molar refractivity (Wildman–Crippen MR) is 626 cm³/mol. The first-order valence-electron chi connectivity index (χ1n) is 61.9. The Morgan fingerprint density at radius 2 is 0.267 bits per heavy atom. The number of carbonyl (C=O) groups excluding carboxylic acids is 3. The smallest absolute Gasteiger partial charge is 0.343 e. The number of hydrogen-bond donors (Lipinski definition) is 0. The van der Waals surface area contributed by atoms with Gasteiger partial charge in [-0.2, -0.15) is 0 Å². The first kappa shape index (κ1) is 128. The summed E-state index contributed by atoms with van der Waals surface area (Å²) < 4.78 is 101. The molecular formula is C132H210O18. The zero-order chi connectivity index (χ0) is 107. The van der Waals surface area contributed by atoms with E-state index in [1.165, 1.54) is 289 Å². The van der Waals surface area contributed by atoms with Gasteiger partial charge in [0.25, 0.3) is 0 Å². The van der Waals surface area contributed by atoms with Crippen LogP contribution in [0.15, 0.2) is 72.8 Å². The van der Waals surface area contributed by atoms with Crippen LogP contribution in [0.25, 0.3) is 32.3 Å². The summed E-state index contributed by atoms with van der Waals surface area (Å²) in [6.45, 7) is 24.2. The van der Waals surface area contributed by atoms with Gasteiger partial charge in [-0.25, -0.2) is 14.4 Å². The van der Waals surface area contributed by atoms with E-state index in [-0.39, 0.29) is 51.2 Å². The van der Waals surface area contributed by atoms with E-state index in [1.807, 2.05) is 24.3 Å². The van der Waals surface area contributed by atoms with E-state index in [2.05, 4.69) is 62.3 Å². The molecule has 7 aromatic rings. The van der Waals surface area contributed by atoms with Gasteiger partial charge >= 0.3 is 17.9 Å². The number of carbonyl (C=O) groups is 3. The van der Waals surface area contributed by atoms with Crippen molar-refractivity contribution in [3.63, 3.8) is 0 Å². The fourth-order valence-corrected chi connectivity index (χ4v) is 20.1. The molecule has 0 amide bonds. The monoisotopic (exact) mass is 2080 g/mol. The lowest BCUT2D eigenvalue weighted by molar-refractivity contribution is 0.0719. The molecule has 0 atom stereocenters. The highest BCUT2D eigenvalue weighted by Gasteiger charge is 2.30. The number of rotatable bonds is 99. The van der Waals surface area contributed by atoms with Crippen LogP contribution >= 0.6 is 0 Å². The maximum Gasteiger partial charge on any atom is 0.343 e. The molecule has 0 unspecified atom stereocenters. The van der Waals surface area contributed by atoms with Gasteiger partial charge in [0.2, 0.25) is 17.2 Å². The lowest BCUT2D eigenvalue weighted by Crippen LogP contribution is -2.13. The van der Waals surface area contributed by atoms with Gasteiger partial charge in [-0.3, -0.25) is 0 Å². The highest BCUT2D eigenvalue weighted by atomic mass is 16.6. The molecule has 846 valence electrons. The second-order valence-electron chi connectivity index (χ2n) is 42.6. The van der Waals surface area contributed by atoms with Crippen molar-refractivity contribution in [3.8, 4) is 86.2 Å². The summed E-state index contributed by atoms with van der Waals surface area (Å²) in [5, 5.41) is 3.65. The number of esters is 3. The zero-order valence-electron chi connectivity index (χ0n) is 97.1. The van der Waals surface area contributed by atoms with Crippen LogP contribution in [0.3, 0.4) is 0 Å². The lowest BCUT2D eigenvalue weighted by Gasteiger charge is -2.20. The molecule has 0 radical (unpaired) electrons. The molecule has 0 spiro atoms. The SMILES string of the molecule is CCCCCCCCCCOc1cc(C(=O)Oc2cc3c(cc2OC)c2cc(OC)c(OC(=O)c4cc(OCCCCCCCCCC)c(OCCCCCCCCCC)c(OCCCCCCCCCC)c4)cc2c2cc(OC(=O)c4cc(OCCCCCCCCCC)c(OCCCCCCCCCC)c(OCCCCCCCCCC)c4)c(OC)cc32)cc(OCCCCCCCCCC)c1OCCCCCCCCCC. The zero-order valence-corrected chi connectivity index (χ0v) is 97.1. The number of hydrogen-bond acceptors (Lipinski definition) is 18. The van der Waals surface area contributed by atoms with Crippen molar-refractivity contribution in [1.82, 2.24) is 0 Å². The van der Waals surface area contributed by atoms with Crippen molar-refractivity contribution < 1.29 is 85.4 Å². The third-order valence-corrected chi connectivity index (χ3v) is 29.4. The summed E-state index contributed by atoms with van der Waals surface area (Å²) in [5.41, 5.74) is 0.620. The molecule has 0 aliphatic carbocycles. The first-order valence-corrected chi connectivity index (χ1v) is 61.9. The van der Waals surface area contributed by atoms with Gasteiger partial charge in [0.1, 0.15) is 0 Å². The third-order valence-electron chi connectivity index (χ3n) is 29.4. The Balaban J connectivity index is 1.43. The van der Waals surface area contributed by atoms with E-state index in [9.17, 15) is 0 Å². The molecule has 0 N–H and O–H groups in total. The van der Waals surface area contributed by atoms with Crippen LogP contribution in [-0.2, 0) is 0 Å². The Morgan fingerprint density at radius 3 is 0.400 bits per heavy atom. The molecule has 7 rings (SSSR count). The molecule has 0 bridgehead atoms. The largest absolute Gasteiger partial charge is 0.493 e. The summed E-state index contributed by atoms with van der Waals surface area (Å²) >= 11 is 0. The molecule has 0 aromatic heterocycles. The van der Waals surface area contributed by atoms with Gasteiger partial charge < -0.3 is 71.1 Å². The Bertz CT molecular complexity index is 4560. The molecule has 0 aliphatic heterocycles. The number of unbranched alkanes of at least 4 members (excludes halogenated alkanes) is 63. The fourth-order valence-electron chi connectivity index (χ4n) is 20.1.